The lowest BCUT2D eigenvalue weighted by Gasteiger charge is -2.39. The van der Waals surface area contributed by atoms with Crippen LogP contribution in [0, 0.1) is 5.92 Å². The van der Waals surface area contributed by atoms with Crippen molar-refractivity contribution in [1.29, 1.82) is 0 Å². The summed E-state index contributed by atoms with van der Waals surface area (Å²) in [5.74, 6) is -0.399. The molecule has 1 aromatic rings. The fourth-order valence-electron chi connectivity index (χ4n) is 3.52. The highest BCUT2D eigenvalue weighted by molar-refractivity contribution is 6.07. The molecular formula is C17H23ClN4O3. The van der Waals surface area contributed by atoms with Crippen LogP contribution in [0.1, 0.15) is 31.4 Å². The fourth-order valence-corrected chi connectivity index (χ4v) is 3.52. The van der Waals surface area contributed by atoms with Crippen LogP contribution in [0.15, 0.2) is 30.3 Å². The van der Waals surface area contributed by atoms with Crippen molar-refractivity contribution in [1.82, 2.24) is 15.5 Å². The van der Waals surface area contributed by atoms with Crippen LogP contribution in [-0.2, 0) is 9.59 Å². The number of likely N-dealkylation sites (tertiary alicyclic amines) is 1. The first-order valence-electron chi connectivity index (χ1n) is 8.14. The highest BCUT2D eigenvalue weighted by Crippen LogP contribution is 2.31. The Hall–Kier alpha value is -2.12. The van der Waals surface area contributed by atoms with Gasteiger partial charge >= 0.3 is 6.03 Å². The van der Waals surface area contributed by atoms with Crippen LogP contribution >= 0.6 is 12.4 Å². The molecule has 1 aromatic carbocycles. The Bertz CT molecular complexity index is 661. The number of carbonyl (C=O) groups excluding carboxylic acids is 3. The van der Waals surface area contributed by atoms with Gasteiger partial charge < -0.3 is 16.0 Å². The summed E-state index contributed by atoms with van der Waals surface area (Å²) in [6, 6.07) is 8.16. The zero-order valence-electron chi connectivity index (χ0n) is 14.0. The minimum Gasteiger partial charge on any atom is -0.341 e. The fraction of sp³-hybridized carbons (Fsp3) is 0.471. The minimum absolute atomic E-state index is 0. The van der Waals surface area contributed by atoms with Crippen molar-refractivity contribution in [2.75, 3.05) is 13.1 Å². The van der Waals surface area contributed by atoms with Gasteiger partial charge in [-0.25, -0.2) is 4.79 Å². The van der Waals surface area contributed by atoms with E-state index in [2.05, 4.69) is 10.6 Å². The van der Waals surface area contributed by atoms with Crippen molar-refractivity contribution in [2.24, 2.45) is 11.7 Å². The number of hydrogen-bond acceptors (Lipinski definition) is 4. The van der Waals surface area contributed by atoms with Gasteiger partial charge in [-0.05, 0) is 31.2 Å². The molecule has 0 bridgehead atoms. The first-order valence-corrected chi connectivity index (χ1v) is 8.14. The number of rotatable bonds is 3. The Morgan fingerprint density at radius 1 is 1.24 bits per heavy atom. The molecule has 0 saturated carbocycles. The molecule has 2 unspecified atom stereocenters. The molecule has 2 aliphatic heterocycles. The highest BCUT2D eigenvalue weighted by atomic mass is 35.5. The maximum Gasteiger partial charge on any atom is 0.322 e. The monoisotopic (exact) mass is 366 g/mol. The van der Waals surface area contributed by atoms with Crippen LogP contribution in [0.4, 0.5) is 4.79 Å². The van der Waals surface area contributed by atoms with E-state index in [1.54, 1.807) is 11.8 Å². The molecule has 0 spiro atoms. The van der Waals surface area contributed by atoms with Crippen molar-refractivity contribution in [3.8, 4) is 0 Å². The molecular weight excluding hydrogens is 344 g/mol. The lowest BCUT2D eigenvalue weighted by molar-refractivity contribution is -0.135. The third-order valence-corrected chi connectivity index (χ3v) is 5.12. The molecule has 0 radical (unpaired) electrons. The Balaban J connectivity index is 0.00000225. The molecule has 2 saturated heterocycles. The number of nitrogens with two attached hydrogens (primary N) is 1. The number of imide groups is 1. The molecule has 0 aromatic heterocycles. The molecule has 8 heteroatoms. The number of urea groups is 1. The number of piperidine rings is 1. The van der Waals surface area contributed by atoms with E-state index in [-0.39, 0.29) is 30.1 Å². The summed E-state index contributed by atoms with van der Waals surface area (Å²) in [5, 5.41) is 5.00. The van der Waals surface area contributed by atoms with E-state index in [9.17, 15) is 14.4 Å². The lowest BCUT2D eigenvalue weighted by atomic mass is 9.79. The van der Waals surface area contributed by atoms with E-state index in [0.29, 0.717) is 25.9 Å². The second kappa shape index (κ2) is 7.41. The summed E-state index contributed by atoms with van der Waals surface area (Å²) in [6.07, 6.45) is 1.30. The molecule has 136 valence electrons. The number of nitrogens with one attached hydrogen (secondary N) is 2. The minimum atomic E-state index is -0.895. The van der Waals surface area contributed by atoms with Crippen molar-refractivity contribution >= 4 is 30.3 Å². The van der Waals surface area contributed by atoms with Crippen LogP contribution in [0.2, 0.25) is 0 Å². The zero-order valence-corrected chi connectivity index (χ0v) is 14.8. The van der Waals surface area contributed by atoms with Crippen LogP contribution in [0.5, 0.6) is 0 Å². The Labute approximate surface area is 152 Å². The molecule has 25 heavy (non-hydrogen) atoms. The van der Waals surface area contributed by atoms with Gasteiger partial charge in [-0.2, -0.15) is 0 Å². The first-order chi connectivity index (χ1) is 11.4. The van der Waals surface area contributed by atoms with Gasteiger partial charge in [-0.15, -0.1) is 12.4 Å². The molecule has 2 fully saturated rings. The first kappa shape index (κ1) is 19.2. The number of amides is 4. The van der Waals surface area contributed by atoms with E-state index in [1.165, 1.54) is 0 Å². The summed E-state index contributed by atoms with van der Waals surface area (Å²) in [6.45, 7) is 2.80. The number of halogens is 1. The smallest absolute Gasteiger partial charge is 0.322 e. The highest BCUT2D eigenvalue weighted by Gasteiger charge is 2.48. The molecule has 3 rings (SSSR count). The second-order valence-corrected chi connectivity index (χ2v) is 6.60. The molecule has 4 amide bonds. The van der Waals surface area contributed by atoms with Crippen LogP contribution in [-0.4, -0.2) is 41.4 Å². The third-order valence-electron chi connectivity index (χ3n) is 5.12. The van der Waals surface area contributed by atoms with Crippen molar-refractivity contribution < 1.29 is 14.4 Å². The van der Waals surface area contributed by atoms with Crippen LogP contribution < -0.4 is 16.4 Å². The summed E-state index contributed by atoms with van der Waals surface area (Å²) in [7, 11) is 0. The van der Waals surface area contributed by atoms with Gasteiger partial charge in [0.2, 0.25) is 5.91 Å². The van der Waals surface area contributed by atoms with Gasteiger partial charge in [0.05, 0.1) is 0 Å². The lowest BCUT2D eigenvalue weighted by Crippen LogP contribution is -2.55. The van der Waals surface area contributed by atoms with Crippen LogP contribution in [0.25, 0.3) is 0 Å². The largest absolute Gasteiger partial charge is 0.341 e. The zero-order chi connectivity index (χ0) is 17.3. The molecule has 2 aliphatic rings. The van der Waals surface area contributed by atoms with Gasteiger partial charge in [0, 0.05) is 13.1 Å². The maximum atomic E-state index is 12.6. The molecule has 4 N–H and O–H groups in total. The average Bonchev–Trinajstić information content (AvgIpc) is 2.87. The number of carbonyl (C=O) groups is 3. The van der Waals surface area contributed by atoms with Gasteiger partial charge in [0.1, 0.15) is 11.6 Å². The van der Waals surface area contributed by atoms with E-state index >= 15 is 0 Å². The maximum absolute atomic E-state index is 12.6. The third kappa shape index (κ3) is 3.62. The average molecular weight is 367 g/mol. The van der Waals surface area contributed by atoms with Crippen molar-refractivity contribution in [2.45, 2.75) is 31.3 Å². The number of benzene rings is 1. The molecule has 0 aliphatic carbocycles. The normalized spacial score (nSPS) is 25.0. The molecule has 2 atom stereocenters. The van der Waals surface area contributed by atoms with Crippen molar-refractivity contribution in [3.63, 3.8) is 0 Å². The van der Waals surface area contributed by atoms with E-state index in [4.69, 9.17) is 5.73 Å². The van der Waals surface area contributed by atoms with Gasteiger partial charge in [0.15, 0.2) is 0 Å². The number of hydrogen-bond donors (Lipinski definition) is 3. The quantitative estimate of drug-likeness (QED) is 0.692. The topological polar surface area (TPSA) is 105 Å². The van der Waals surface area contributed by atoms with E-state index in [1.807, 2.05) is 30.3 Å². The molecule has 7 nitrogen and oxygen atoms in total. The summed E-state index contributed by atoms with van der Waals surface area (Å²) in [4.78, 5) is 37.7. The van der Waals surface area contributed by atoms with E-state index in [0.717, 1.165) is 5.56 Å². The van der Waals surface area contributed by atoms with Gasteiger partial charge in [-0.1, -0.05) is 30.3 Å². The number of nitrogens with zero attached hydrogens (tertiary/aromatic N) is 1. The summed E-state index contributed by atoms with van der Waals surface area (Å²) >= 11 is 0. The summed E-state index contributed by atoms with van der Waals surface area (Å²) in [5.41, 5.74) is 5.98. The van der Waals surface area contributed by atoms with Gasteiger partial charge in [-0.3, -0.25) is 14.9 Å². The predicted octanol–water partition coefficient (Wildman–Crippen LogP) is 0.945. The standard InChI is InChI=1S/C17H22N4O3.ClH/c1-17(15(23)19-16(24)20-17)12-7-9-21(10-8-12)14(22)13(18)11-5-3-2-4-6-11;/h2-6,12-13H,7-10,18H2,1H3,(H2,19,20,23,24);1H. The summed E-state index contributed by atoms with van der Waals surface area (Å²) < 4.78 is 0. The SMILES string of the molecule is CC1(C2CCN(C(=O)C(N)c3ccccc3)CC2)NC(=O)NC1=O.Cl. The van der Waals surface area contributed by atoms with Gasteiger partial charge in [0.25, 0.3) is 5.91 Å². The molecule has 2 heterocycles. The second-order valence-electron chi connectivity index (χ2n) is 6.60. The van der Waals surface area contributed by atoms with E-state index < -0.39 is 17.6 Å². The predicted molar refractivity (Wildman–Crippen MR) is 95.0 cm³/mol. The Kier molecular flexibility index (Phi) is 5.69. The van der Waals surface area contributed by atoms with Crippen LogP contribution in [0.3, 0.4) is 0 Å². The van der Waals surface area contributed by atoms with Crippen molar-refractivity contribution in [3.05, 3.63) is 35.9 Å². The Morgan fingerprint density at radius 2 is 1.84 bits per heavy atom. The Morgan fingerprint density at radius 3 is 2.36 bits per heavy atom.